The molecule has 0 amide bonds. The zero-order valence-electron chi connectivity index (χ0n) is 11.9. The van der Waals surface area contributed by atoms with Crippen LogP contribution in [0.1, 0.15) is 16.7 Å². The van der Waals surface area contributed by atoms with E-state index in [-0.39, 0.29) is 18.2 Å². The molecule has 0 saturated carbocycles. The van der Waals surface area contributed by atoms with Crippen LogP contribution in [-0.2, 0) is 6.61 Å². The van der Waals surface area contributed by atoms with Gasteiger partial charge in [0.25, 0.3) is 0 Å². The molecule has 21 heavy (non-hydrogen) atoms. The van der Waals surface area contributed by atoms with Gasteiger partial charge in [-0.05, 0) is 42.3 Å². The highest BCUT2D eigenvalue weighted by Crippen LogP contribution is 2.23. The number of aryl methyl sites for hydroxylation is 1. The minimum atomic E-state index is -0.395. The van der Waals surface area contributed by atoms with Crippen LogP contribution in [0, 0.1) is 18.2 Å². The predicted molar refractivity (Wildman–Crippen MR) is 79.5 cm³/mol. The molecule has 2 rings (SSSR count). The van der Waals surface area contributed by atoms with Crippen molar-refractivity contribution in [3.63, 3.8) is 0 Å². The highest BCUT2D eigenvalue weighted by Gasteiger charge is 2.08. The van der Waals surface area contributed by atoms with E-state index in [1.54, 1.807) is 30.3 Å². The van der Waals surface area contributed by atoms with Gasteiger partial charge in [-0.3, -0.25) is 5.41 Å². The topological polar surface area (TPSA) is 68.3 Å². The summed E-state index contributed by atoms with van der Waals surface area (Å²) in [7, 11) is 1.51. The van der Waals surface area contributed by atoms with Gasteiger partial charge in [0.1, 0.15) is 18.2 Å². The van der Waals surface area contributed by atoms with Gasteiger partial charge in [-0.1, -0.05) is 12.1 Å². The Kier molecular flexibility index (Phi) is 4.42. The molecule has 0 spiro atoms. The number of halogens is 1. The third-order valence-corrected chi connectivity index (χ3v) is 3.04. The molecule has 2 aromatic carbocycles. The summed E-state index contributed by atoms with van der Waals surface area (Å²) in [6, 6.07) is 9.90. The second-order valence-electron chi connectivity index (χ2n) is 4.67. The van der Waals surface area contributed by atoms with Crippen LogP contribution in [0.4, 0.5) is 4.39 Å². The van der Waals surface area contributed by atoms with Gasteiger partial charge in [-0.2, -0.15) is 0 Å². The van der Waals surface area contributed by atoms with E-state index in [4.69, 9.17) is 20.6 Å². The van der Waals surface area contributed by atoms with Gasteiger partial charge in [0.15, 0.2) is 11.6 Å². The molecule has 4 nitrogen and oxygen atoms in total. The van der Waals surface area contributed by atoms with Crippen molar-refractivity contribution < 1.29 is 13.9 Å². The lowest BCUT2D eigenvalue weighted by Crippen LogP contribution is -2.12. The minimum absolute atomic E-state index is 0.0657. The number of nitrogens with two attached hydrogens (primary N) is 1. The summed E-state index contributed by atoms with van der Waals surface area (Å²) < 4.78 is 24.3. The monoisotopic (exact) mass is 288 g/mol. The van der Waals surface area contributed by atoms with Crippen LogP contribution in [-0.4, -0.2) is 12.9 Å². The van der Waals surface area contributed by atoms with Crippen molar-refractivity contribution in [2.45, 2.75) is 13.5 Å². The molecular formula is C16H17FN2O2. The molecule has 0 bridgehead atoms. The summed E-state index contributed by atoms with van der Waals surface area (Å²) in [4.78, 5) is 0. The molecule has 0 fully saturated rings. The molecule has 0 aliphatic heterocycles. The average Bonchev–Trinajstić information content (AvgIpc) is 2.47. The van der Waals surface area contributed by atoms with Gasteiger partial charge >= 0.3 is 0 Å². The number of methoxy groups -OCH3 is 1. The Labute approximate surface area is 122 Å². The predicted octanol–water partition coefficient (Wildman–Crippen LogP) is 3.01. The van der Waals surface area contributed by atoms with Gasteiger partial charge < -0.3 is 15.2 Å². The zero-order chi connectivity index (χ0) is 15.4. The highest BCUT2D eigenvalue weighted by atomic mass is 19.1. The summed E-state index contributed by atoms with van der Waals surface area (Å²) in [5.74, 6) is 0.245. The molecule has 0 atom stereocenters. The van der Waals surface area contributed by atoms with E-state index < -0.39 is 5.82 Å². The van der Waals surface area contributed by atoms with Crippen LogP contribution in [0.3, 0.4) is 0 Å². The lowest BCUT2D eigenvalue weighted by molar-refractivity contribution is 0.289. The van der Waals surface area contributed by atoms with Crippen molar-refractivity contribution in [1.29, 1.82) is 5.41 Å². The summed E-state index contributed by atoms with van der Waals surface area (Å²) in [6.45, 7) is 2.08. The number of amidine groups is 1. The smallest absolute Gasteiger partial charge is 0.165 e. The van der Waals surface area contributed by atoms with E-state index in [0.717, 1.165) is 11.1 Å². The summed E-state index contributed by atoms with van der Waals surface area (Å²) in [5, 5.41) is 7.46. The largest absolute Gasteiger partial charge is 0.496 e. The molecule has 2 aromatic rings. The van der Waals surface area contributed by atoms with Gasteiger partial charge in [0.05, 0.1) is 12.7 Å². The maximum absolute atomic E-state index is 13.6. The van der Waals surface area contributed by atoms with Crippen molar-refractivity contribution >= 4 is 5.84 Å². The third kappa shape index (κ3) is 3.51. The van der Waals surface area contributed by atoms with Crippen LogP contribution in [0.25, 0.3) is 0 Å². The first-order valence-electron chi connectivity index (χ1n) is 6.41. The number of nitrogen functional groups attached to an aromatic ring is 1. The highest BCUT2D eigenvalue weighted by molar-refractivity contribution is 5.97. The second kappa shape index (κ2) is 6.26. The number of rotatable bonds is 5. The number of hydrogen-bond donors (Lipinski definition) is 2. The van der Waals surface area contributed by atoms with Gasteiger partial charge in [0, 0.05) is 0 Å². The molecule has 0 saturated heterocycles. The second-order valence-corrected chi connectivity index (χ2v) is 4.67. The number of benzene rings is 2. The normalized spacial score (nSPS) is 10.2. The molecule has 0 aromatic heterocycles. The first kappa shape index (κ1) is 14.8. The number of ether oxygens (including phenoxy) is 2. The summed E-state index contributed by atoms with van der Waals surface area (Å²) in [6.07, 6.45) is 0. The Morgan fingerprint density at radius 3 is 2.62 bits per heavy atom. The van der Waals surface area contributed by atoms with Crippen LogP contribution >= 0.6 is 0 Å². The van der Waals surface area contributed by atoms with Crippen LogP contribution in [0.15, 0.2) is 36.4 Å². The van der Waals surface area contributed by atoms with Gasteiger partial charge in [-0.25, -0.2) is 4.39 Å². The first-order chi connectivity index (χ1) is 10.0. The fourth-order valence-electron chi connectivity index (χ4n) is 1.93. The van der Waals surface area contributed by atoms with Crippen molar-refractivity contribution in [3.8, 4) is 11.5 Å². The van der Waals surface area contributed by atoms with Crippen molar-refractivity contribution in [3.05, 3.63) is 58.9 Å². The molecule has 110 valence electrons. The van der Waals surface area contributed by atoms with Gasteiger partial charge in [0.2, 0.25) is 0 Å². The molecular weight excluding hydrogens is 271 g/mol. The lowest BCUT2D eigenvalue weighted by atomic mass is 10.1. The Morgan fingerprint density at radius 2 is 1.95 bits per heavy atom. The zero-order valence-corrected chi connectivity index (χ0v) is 11.9. The summed E-state index contributed by atoms with van der Waals surface area (Å²) >= 11 is 0. The first-order valence-corrected chi connectivity index (χ1v) is 6.41. The number of nitrogens with one attached hydrogen (secondary N) is 1. The fourth-order valence-corrected chi connectivity index (χ4v) is 1.93. The molecule has 5 heteroatoms. The van der Waals surface area contributed by atoms with Crippen molar-refractivity contribution in [1.82, 2.24) is 0 Å². The Morgan fingerprint density at radius 1 is 1.19 bits per heavy atom. The Hall–Kier alpha value is -2.56. The van der Waals surface area contributed by atoms with E-state index in [1.807, 2.05) is 6.92 Å². The van der Waals surface area contributed by atoms with E-state index in [1.165, 1.54) is 13.2 Å². The van der Waals surface area contributed by atoms with Crippen molar-refractivity contribution in [2.24, 2.45) is 5.73 Å². The van der Waals surface area contributed by atoms with Gasteiger partial charge in [-0.15, -0.1) is 0 Å². The molecule has 3 N–H and O–H groups in total. The SMILES string of the molecule is COc1cc(COc2cc(C)ccc2F)ccc1C(=N)N. The van der Waals surface area contributed by atoms with Crippen LogP contribution < -0.4 is 15.2 Å². The molecule has 0 aliphatic carbocycles. The Bertz CT molecular complexity index is 671. The Balaban J connectivity index is 2.17. The average molecular weight is 288 g/mol. The maximum Gasteiger partial charge on any atom is 0.165 e. The molecule has 0 heterocycles. The molecule has 0 unspecified atom stereocenters. The van der Waals surface area contributed by atoms with Crippen molar-refractivity contribution in [2.75, 3.05) is 7.11 Å². The lowest BCUT2D eigenvalue weighted by Gasteiger charge is -2.11. The molecule has 0 aliphatic rings. The standard InChI is InChI=1S/C16H17FN2O2/c1-10-3-6-13(17)15(7-10)21-9-11-4-5-12(16(18)19)14(8-11)20-2/h3-8H,9H2,1-2H3,(H3,18,19). The van der Waals surface area contributed by atoms with E-state index in [2.05, 4.69) is 0 Å². The minimum Gasteiger partial charge on any atom is -0.496 e. The summed E-state index contributed by atoms with van der Waals surface area (Å²) in [5.41, 5.74) is 7.71. The maximum atomic E-state index is 13.6. The van der Waals surface area contributed by atoms with Crippen LogP contribution in [0.2, 0.25) is 0 Å². The molecule has 0 radical (unpaired) electrons. The van der Waals surface area contributed by atoms with E-state index in [9.17, 15) is 4.39 Å². The fraction of sp³-hybridized carbons (Fsp3) is 0.188. The quantitative estimate of drug-likeness (QED) is 0.656. The van der Waals surface area contributed by atoms with E-state index in [0.29, 0.717) is 11.3 Å². The third-order valence-electron chi connectivity index (χ3n) is 3.04. The van der Waals surface area contributed by atoms with Crippen LogP contribution in [0.5, 0.6) is 11.5 Å². The van der Waals surface area contributed by atoms with E-state index >= 15 is 0 Å². The number of hydrogen-bond acceptors (Lipinski definition) is 3.